The van der Waals surface area contributed by atoms with Crippen LogP contribution in [0, 0.1) is 25.2 Å². The van der Waals surface area contributed by atoms with Crippen LogP contribution in [0.3, 0.4) is 0 Å². The van der Waals surface area contributed by atoms with Gasteiger partial charge in [0, 0.05) is 11.3 Å². The molecule has 2 aromatic carbocycles. The molecule has 0 saturated heterocycles. The topological polar surface area (TPSA) is 98.6 Å². The van der Waals surface area contributed by atoms with Crippen molar-refractivity contribution >= 4 is 23.4 Å². The van der Waals surface area contributed by atoms with Gasteiger partial charge >= 0.3 is 0 Å². The van der Waals surface area contributed by atoms with Crippen molar-refractivity contribution in [2.24, 2.45) is 0 Å². The Morgan fingerprint density at radius 2 is 1.86 bits per heavy atom. The van der Waals surface area contributed by atoms with Crippen molar-refractivity contribution in [1.29, 1.82) is 5.26 Å². The molecule has 0 spiro atoms. The lowest BCUT2D eigenvalue weighted by atomic mass is 10.1. The summed E-state index contributed by atoms with van der Waals surface area (Å²) in [6, 6.07) is 16.7. The Morgan fingerprint density at radius 3 is 2.50 bits per heavy atom. The second kappa shape index (κ2) is 8.55. The minimum absolute atomic E-state index is 0.0461. The van der Waals surface area contributed by atoms with E-state index in [0.717, 1.165) is 28.6 Å². The largest absolute Gasteiger partial charge is 0.325 e. The Balaban J connectivity index is 1.77. The predicted octanol–water partition coefficient (Wildman–Crippen LogP) is 3.66. The monoisotopic (exact) mass is 390 g/mol. The third-order valence-electron chi connectivity index (χ3n) is 3.90. The molecule has 3 rings (SSSR count). The van der Waals surface area contributed by atoms with Crippen LogP contribution in [0.4, 0.5) is 5.69 Å². The molecular formula is C21H18N4O2S. The highest BCUT2D eigenvalue weighted by Crippen LogP contribution is 2.22. The summed E-state index contributed by atoms with van der Waals surface area (Å²) >= 11 is 1.11. The van der Waals surface area contributed by atoms with Crippen LogP contribution in [-0.4, -0.2) is 21.6 Å². The summed E-state index contributed by atoms with van der Waals surface area (Å²) in [6.07, 6.45) is 0. The third-order valence-corrected chi connectivity index (χ3v) is 4.78. The van der Waals surface area contributed by atoms with Crippen molar-refractivity contribution in [3.8, 4) is 17.3 Å². The first-order valence-electron chi connectivity index (χ1n) is 8.57. The van der Waals surface area contributed by atoms with E-state index in [0.29, 0.717) is 16.4 Å². The fourth-order valence-corrected chi connectivity index (χ4v) is 3.47. The van der Waals surface area contributed by atoms with E-state index in [1.165, 1.54) is 0 Å². The highest BCUT2D eigenvalue weighted by atomic mass is 32.2. The molecule has 2 N–H and O–H groups in total. The number of benzene rings is 2. The van der Waals surface area contributed by atoms with Crippen LogP contribution in [0.2, 0.25) is 0 Å². The first-order chi connectivity index (χ1) is 13.5. The third kappa shape index (κ3) is 4.67. The highest BCUT2D eigenvalue weighted by Gasteiger charge is 2.14. The van der Waals surface area contributed by atoms with Gasteiger partial charge in [0.2, 0.25) is 5.91 Å². The Labute approximate surface area is 166 Å². The fraction of sp³-hybridized carbons (Fsp3) is 0.143. The molecule has 1 amide bonds. The summed E-state index contributed by atoms with van der Waals surface area (Å²) in [6.45, 7) is 3.93. The Morgan fingerprint density at radius 1 is 1.18 bits per heavy atom. The van der Waals surface area contributed by atoms with Crippen molar-refractivity contribution in [1.82, 2.24) is 9.97 Å². The lowest BCUT2D eigenvalue weighted by Crippen LogP contribution is -2.17. The number of thioether (sulfide) groups is 1. The SMILES string of the molecule is Cc1cc(C)cc(NC(=O)CSc2nc(-c3ccccc3)c(C#N)c(=O)[nH]2)c1. The Kier molecular flexibility index (Phi) is 5.92. The molecule has 6 nitrogen and oxygen atoms in total. The number of amides is 1. The number of aryl methyl sites for hydroxylation is 2. The highest BCUT2D eigenvalue weighted by molar-refractivity contribution is 7.99. The number of aromatic nitrogens is 2. The lowest BCUT2D eigenvalue weighted by Gasteiger charge is -2.08. The van der Waals surface area contributed by atoms with Gasteiger partial charge in [0.15, 0.2) is 5.16 Å². The normalized spacial score (nSPS) is 10.3. The number of hydrogen-bond donors (Lipinski definition) is 2. The zero-order chi connectivity index (χ0) is 20.1. The van der Waals surface area contributed by atoms with Gasteiger partial charge < -0.3 is 10.3 Å². The van der Waals surface area contributed by atoms with Crippen LogP contribution in [-0.2, 0) is 4.79 Å². The summed E-state index contributed by atoms with van der Waals surface area (Å²) < 4.78 is 0. The molecule has 0 aliphatic rings. The molecule has 0 aliphatic carbocycles. The van der Waals surface area contributed by atoms with Gasteiger partial charge in [-0.25, -0.2) is 4.98 Å². The zero-order valence-electron chi connectivity index (χ0n) is 15.4. The molecule has 28 heavy (non-hydrogen) atoms. The molecule has 1 heterocycles. The number of rotatable bonds is 5. The lowest BCUT2D eigenvalue weighted by molar-refractivity contribution is -0.113. The van der Waals surface area contributed by atoms with Crippen LogP contribution in [0.1, 0.15) is 16.7 Å². The average Bonchev–Trinajstić information content (AvgIpc) is 2.66. The van der Waals surface area contributed by atoms with Gasteiger partial charge in [-0.1, -0.05) is 48.2 Å². The van der Waals surface area contributed by atoms with E-state index < -0.39 is 5.56 Å². The van der Waals surface area contributed by atoms with Gasteiger partial charge in [0.25, 0.3) is 5.56 Å². The minimum Gasteiger partial charge on any atom is -0.325 e. The summed E-state index contributed by atoms with van der Waals surface area (Å²) in [7, 11) is 0. The molecule has 140 valence electrons. The number of carbonyl (C=O) groups excluding carboxylic acids is 1. The van der Waals surface area contributed by atoms with Gasteiger partial charge in [0.05, 0.1) is 11.4 Å². The van der Waals surface area contributed by atoms with Gasteiger partial charge in [-0.05, 0) is 37.1 Å². The number of carbonyl (C=O) groups is 1. The van der Waals surface area contributed by atoms with E-state index in [9.17, 15) is 14.9 Å². The Bertz CT molecular complexity index is 1100. The van der Waals surface area contributed by atoms with Crippen molar-refractivity contribution in [2.45, 2.75) is 19.0 Å². The number of nitrogens with one attached hydrogen (secondary N) is 2. The summed E-state index contributed by atoms with van der Waals surface area (Å²) in [5.74, 6) is -0.126. The first-order valence-corrected chi connectivity index (χ1v) is 9.55. The number of aromatic amines is 1. The first kappa shape index (κ1) is 19.4. The van der Waals surface area contributed by atoms with E-state index in [1.54, 1.807) is 12.1 Å². The van der Waals surface area contributed by atoms with E-state index in [2.05, 4.69) is 15.3 Å². The number of anilines is 1. The smallest absolute Gasteiger partial charge is 0.270 e. The van der Waals surface area contributed by atoms with E-state index in [1.807, 2.05) is 56.3 Å². The quantitative estimate of drug-likeness (QED) is 0.512. The maximum atomic E-state index is 12.3. The maximum Gasteiger partial charge on any atom is 0.270 e. The zero-order valence-corrected chi connectivity index (χ0v) is 16.3. The van der Waals surface area contributed by atoms with Gasteiger partial charge in [0.1, 0.15) is 11.6 Å². The number of H-pyrrole nitrogens is 1. The maximum absolute atomic E-state index is 12.3. The van der Waals surface area contributed by atoms with Crippen molar-refractivity contribution in [2.75, 3.05) is 11.1 Å². The number of nitriles is 1. The molecule has 3 aromatic rings. The van der Waals surface area contributed by atoms with Crippen LogP contribution in [0.15, 0.2) is 58.5 Å². The number of nitrogens with zero attached hydrogens (tertiary/aromatic N) is 2. The van der Waals surface area contributed by atoms with E-state index in [-0.39, 0.29) is 17.2 Å². The molecule has 0 saturated carbocycles. The van der Waals surface area contributed by atoms with E-state index >= 15 is 0 Å². The molecule has 1 aromatic heterocycles. The van der Waals surface area contributed by atoms with Crippen molar-refractivity contribution in [3.05, 3.63) is 75.6 Å². The Hall–Kier alpha value is -3.37. The second-order valence-corrected chi connectivity index (χ2v) is 7.25. The molecule has 0 fully saturated rings. The standard InChI is InChI=1S/C21H18N4O2S/c1-13-8-14(2)10-16(9-13)23-18(26)12-28-21-24-19(15-6-4-3-5-7-15)17(11-22)20(27)25-21/h3-10H,12H2,1-2H3,(H,23,26)(H,24,25,27). The summed E-state index contributed by atoms with van der Waals surface area (Å²) in [5.41, 5.74) is 3.27. The molecule has 0 unspecified atom stereocenters. The van der Waals surface area contributed by atoms with Gasteiger partial charge in [-0.15, -0.1) is 0 Å². The predicted molar refractivity (Wildman–Crippen MR) is 110 cm³/mol. The van der Waals surface area contributed by atoms with Crippen molar-refractivity contribution in [3.63, 3.8) is 0 Å². The molecule has 0 aliphatic heterocycles. The van der Waals surface area contributed by atoms with Gasteiger partial charge in [-0.2, -0.15) is 5.26 Å². The van der Waals surface area contributed by atoms with E-state index in [4.69, 9.17) is 0 Å². The average molecular weight is 390 g/mol. The van der Waals surface area contributed by atoms with Crippen LogP contribution >= 0.6 is 11.8 Å². The molecule has 7 heteroatoms. The van der Waals surface area contributed by atoms with Gasteiger partial charge in [-0.3, -0.25) is 9.59 Å². The molecule has 0 atom stereocenters. The molecular weight excluding hydrogens is 372 g/mol. The second-order valence-electron chi connectivity index (χ2n) is 6.29. The summed E-state index contributed by atoms with van der Waals surface area (Å²) in [4.78, 5) is 31.5. The minimum atomic E-state index is -0.520. The number of hydrogen-bond acceptors (Lipinski definition) is 5. The fourth-order valence-electron chi connectivity index (χ4n) is 2.81. The van der Waals surface area contributed by atoms with Crippen molar-refractivity contribution < 1.29 is 4.79 Å². The van der Waals surface area contributed by atoms with Crippen LogP contribution < -0.4 is 10.9 Å². The molecule has 0 radical (unpaired) electrons. The van der Waals surface area contributed by atoms with Crippen LogP contribution in [0.5, 0.6) is 0 Å². The van der Waals surface area contributed by atoms with Crippen LogP contribution in [0.25, 0.3) is 11.3 Å². The molecule has 0 bridgehead atoms. The summed E-state index contributed by atoms with van der Waals surface area (Å²) in [5, 5.41) is 12.4.